The van der Waals surface area contributed by atoms with Crippen molar-refractivity contribution in [3.8, 4) is 0 Å². The number of benzene rings is 2. The molecule has 2 aromatic rings. The fourth-order valence-corrected chi connectivity index (χ4v) is 3.56. The van der Waals surface area contributed by atoms with E-state index in [9.17, 15) is 4.79 Å². The van der Waals surface area contributed by atoms with Crippen LogP contribution in [0.3, 0.4) is 0 Å². The molecular formula is C24H33N5O. The zero-order chi connectivity index (χ0) is 21.2. The van der Waals surface area contributed by atoms with Gasteiger partial charge in [0, 0.05) is 50.5 Å². The highest BCUT2D eigenvalue weighted by atomic mass is 16.1. The number of nitrogens with zero attached hydrogens (tertiary/aromatic N) is 3. The summed E-state index contributed by atoms with van der Waals surface area (Å²) < 4.78 is 0. The first-order valence-corrected chi connectivity index (χ1v) is 10.9. The molecular weight excluding hydrogens is 374 g/mol. The van der Waals surface area contributed by atoms with Crippen molar-refractivity contribution in [3.63, 3.8) is 0 Å². The van der Waals surface area contributed by atoms with Gasteiger partial charge in [0.15, 0.2) is 5.96 Å². The number of carbonyl (C=O) groups excluding carboxylic acids is 1. The third-order valence-electron chi connectivity index (χ3n) is 5.17. The lowest BCUT2D eigenvalue weighted by molar-refractivity contribution is 0.0953. The average molecular weight is 408 g/mol. The summed E-state index contributed by atoms with van der Waals surface area (Å²) in [6.45, 7) is 10.0. The second-order valence-corrected chi connectivity index (χ2v) is 7.44. The summed E-state index contributed by atoms with van der Waals surface area (Å²) in [5.41, 5.74) is 3.01. The highest BCUT2D eigenvalue weighted by Crippen LogP contribution is 2.16. The van der Waals surface area contributed by atoms with Gasteiger partial charge in [0.05, 0.1) is 6.54 Å². The molecule has 1 heterocycles. The van der Waals surface area contributed by atoms with Crippen molar-refractivity contribution in [1.29, 1.82) is 0 Å². The van der Waals surface area contributed by atoms with E-state index in [0.29, 0.717) is 18.7 Å². The van der Waals surface area contributed by atoms with Crippen LogP contribution in [-0.4, -0.2) is 56.0 Å². The summed E-state index contributed by atoms with van der Waals surface area (Å²) in [4.78, 5) is 21.8. The van der Waals surface area contributed by atoms with Crippen molar-refractivity contribution in [2.24, 2.45) is 4.99 Å². The summed E-state index contributed by atoms with van der Waals surface area (Å²) in [5, 5.41) is 6.35. The Bertz CT molecular complexity index is 828. The van der Waals surface area contributed by atoms with Crippen LogP contribution in [0.2, 0.25) is 0 Å². The summed E-state index contributed by atoms with van der Waals surface area (Å²) in [6.07, 6.45) is 0.930. The number of hydrogen-bond donors (Lipinski definition) is 2. The smallest absolute Gasteiger partial charge is 0.251 e. The molecule has 160 valence electrons. The molecule has 0 radical (unpaired) electrons. The Morgan fingerprint density at radius 1 is 0.967 bits per heavy atom. The Morgan fingerprint density at radius 2 is 1.73 bits per heavy atom. The maximum atomic E-state index is 12.2. The minimum Gasteiger partial charge on any atom is -0.368 e. The largest absolute Gasteiger partial charge is 0.368 e. The number of nitrogens with one attached hydrogen (secondary N) is 2. The molecule has 6 nitrogen and oxygen atoms in total. The maximum absolute atomic E-state index is 12.2. The van der Waals surface area contributed by atoms with Crippen LogP contribution in [-0.2, 0) is 6.54 Å². The van der Waals surface area contributed by atoms with Gasteiger partial charge >= 0.3 is 0 Å². The number of guanidine groups is 1. The highest BCUT2D eigenvalue weighted by molar-refractivity contribution is 5.94. The second kappa shape index (κ2) is 11.2. The molecule has 0 unspecified atom stereocenters. The van der Waals surface area contributed by atoms with E-state index in [0.717, 1.165) is 50.7 Å². The van der Waals surface area contributed by atoms with Gasteiger partial charge in [-0.3, -0.25) is 4.79 Å². The molecule has 6 heteroatoms. The van der Waals surface area contributed by atoms with E-state index in [1.165, 1.54) is 5.69 Å². The van der Waals surface area contributed by atoms with E-state index in [1.807, 2.05) is 31.2 Å². The number of hydrogen-bond acceptors (Lipinski definition) is 3. The normalized spacial score (nSPS) is 14.5. The quantitative estimate of drug-likeness (QED) is 0.547. The number of para-hydroxylation sites is 1. The van der Waals surface area contributed by atoms with Crippen LogP contribution in [0.25, 0.3) is 0 Å². The Kier molecular flexibility index (Phi) is 8.12. The lowest BCUT2D eigenvalue weighted by atomic mass is 10.1. The number of amides is 1. The third-order valence-corrected chi connectivity index (χ3v) is 5.17. The molecule has 2 N–H and O–H groups in total. The molecule has 0 atom stereocenters. The van der Waals surface area contributed by atoms with Crippen molar-refractivity contribution in [3.05, 3.63) is 65.7 Å². The zero-order valence-electron chi connectivity index (χ0n) is 18.1. The summed E-state index contributed by atoms with van der Waals surface area (Å²) in [5.74, 6) is 0.915. The molecule has 1 aliphatic rings. The summed E-state index contributed by atoms with van der Waals surface area (Å²) in [6, 6.07) is 18.3. The number of carbonyl (C=O) groups is 1. The van der Waals surface area contributed by atoms with Crippen LogP contribution in [0.4, 0.5) is 5.69 Å². The third kappa shape index (κ3) is 5.99. The molecule has 0 saturated carbocycles. The zero-order valence-corrected chi connectivity index (χ0v) is 18.1. The highest BCUT2D eigenvalue weighted by Gasteiger charge is 2.19. The number of aliphatic imine (C=N–C) groups is 1. The van der Waals surface area contributed by atoms with Gasteiger partial charge in [0.25, 0.3) is 5.91 Å². The number of piperazine rings is 1. The van der Waals surface area contributed by atoms with Crippen LogP contribution in [0.1, 0.15) is 36.2 Å². The van der Waals surface area contributed by atoms with E-state index < -0.39 is 0 Å². The second-order valence-electron chi connectivity index (χ2n) is 7.44. The topological polar surface area (TPSA) is 60.0 Å². The van der Waals surface area contributed by atoms with Gasteiger partial charge in [-0.05, 0) is 43.2 Å². The molecule has 1 aliphatic heterocycles. The van der Waals surface area contributed by atoms with Gasteiger partial charge in [0.2, 0.25) is 0 Å². The van der Waals surface area contributed by atoms with Gasteiger partial charge in [-0.15, -0.1) is 0 Å². The van der Waals surface area contributed by atoms with Crippen LogP contribution in [0.15, 0.2) is 59.6 Å². The standard InChI is InChI=1S/C24H33N5O/c1-3-13-26-23(30)21-10-8-9-20(18-21)19-27-24(25-4-2)29-16-14-28(15-17-29)22-11-6-5-7-12-22/h5-12,18H,3-4,13-17,19H2,1-2H3,(H,25,27)(H,26,30). The lowest BCUT2D eigenvalue weighted by Crippen LogP contribution is -2.52. The van der Waals surface area contributed by atoms with Gasteiger partial charge in [-0.2, -0.15) is 0 Å². The van der Waals surface area contributed by atoms with Crippen molar-refractivity contribution < 1.29 is 4.79 Å². The Balaban J connectivity index is 1.62. The first kappa shape index (κ1) is 21.7. The van der Waals surface area contributed by atoms with E-state index in [2.05, 4.69) is 57.7 Å². The molecule has 0 bridgehead atoms. The Hall–Kier alpha value is -3.02. The first-order chi connectivity index (χ1) is 14.7. The van der Waals surface area contributed by atoms with Crippen LogP contribution in [0.5, 0.6) is 0 Å². The van der Waals surface area contributed by atoms with Crippen LogP contribution >= 0.6 is 0 Å². The molecule has 1 saturated heterocycles. The average Bonchev–Trinajstić information content (AvgIpc) is 2.81. The van der Waals surface area contributed by atoms with Crippen molar-refractivity contribution in [2.75, 3.05) is 44.2 Å². The van der Waals surface area contributed by atoms with Gasteiger partial charge < -0.3 is 20.4 Å². The van der Waals surface area contributed by atoms with Gasteiger partial charge in [-0.1, -0.05) is 37.3 Å². The molecule has 0 spiro atoms. The molecule has 1 fully saturated rings. The van der Waals surface area contributed by atoms with Crippen molar-refractivity contribution in [1.82, 2.24) is 15.5 Å². The molecule has 0 aliphatic carbocycles. The van der Waals surface area contributed by atoms with Crippen LogP contribution < -0.4 is 15.5 Å². The van der Waals surface area contributed by atoms with Gasteiger partial charge in [0.1, 0.15) is 0 Å². The maximum Gasteiger partial charge on any atom is 0.251 e. The fraction of sp³-hybridized carbons (Fsp3) is 0.417. The van der Waals surface area contributed by atoms with Crippen molar-refractivity contribution in [2.45, 2.75) is 26.8 Å². The lowest BCUT2D eigenvalue weighted by Gasteiger charge is -2.37. The van der Waals surface area contributed by atoms with Gasteiger partial charge in [-0.25, -0.2) is 4.99 Å². The molecule has 2 aromatic carbocycles. The van der Waals surface area contributed by atoms with Crippen molar-refractivity contribution >= 4 is 17.6 Å². The van der Waals surface area contributed by atoms with E-state index in [1.54, 1.807) is 0 Å². The predicted molar refractivity (Wildman–Crippen MR) is 124 cm³/mol. The Morgan fingerprint density at radius 3 is 2.43 bits per heavy atom. The molecule has 0 aromatic heterocycles. The summed E-state index contributed by atoms with van der Waals surface area (Å²) in [7, 11) is 0. The molecule has 30 heavy (non-hydrogen) atoms. The molecule has 1 amide bonds. The number of rotatable bonds is 7. The van der Waals surface area contributed by atoms with E-state index in [-0.39, 0.29) is 5.91 Å². The predicted octanol–water partition coefficient (Wildman–Crippen LogP) is 3.11. The minimum atomic E-state index is -0.0216. The van der Waals surface area contributed by atoms with Crippen LogP contribution in [0, 0.1) is 0 Å². The first-order valence-electron chi connectivity index (χ1n) is 10.9. The Labute approximate surface area is 180 Å². The fourth-order valence-electron chi connectivity index (χ4n) is 3.56. The summed E-state index contributed by atoms with van der Waals surface area (Å²) >= 11 is 0. The monoisotopic (exact) mass is 407 g/mol. The van der Waals surface area contributed by atoms with E-state index >= 15 is 0 Å². The molecule has 3 rings (SSSR count). The van der Waals surface area contributed by atoms with E-state index in [4.69, 9.17) is 4.99 Å². The SMILES string of the molecule is CCCNC(=O)c1cccc(CN=C(NCC)N2CCN(c3ccccc3)CC2)c1. The minimum absolute atomic E-state index is 0.0216. The number of anilines is 1.